The van der Waals surface area contributed by atoms with Crippen molar-refractivity contribution in [2.45, 2.75) is 19.4 Å². The summed E-state index contributed by atoms with van der Waals surface area (Å²) in [6, 6.07) is 9.05. The normalized spacial score (nSPS) is 19.0. The van der Waals surface area contributed by atoms with Crippen LogP contribution in [0.25, 0.3) is 0 Å². The quantitative estimate of drug-likeness (QED) is 0.886. The number of piperazine rings is 1. The van der Waals surface area contributed by atoms with Crippen molar-refractivity contribution in [1.82, 2.24) is 10.2 Å². The van der Waals surface area contributed by atoms with E-state index in [1.165, 1.54) is 0 Å². The standard InChI is InChI=1S/C15H21N3O2/c1-3-18-10-9-16-13(15(18)20)11-14(19)17(2)12-7-5-4-6-8-12/h4-8,13,16H,3,9-11H2,1-2H3. The lowest BCUT2D eigenvalue weighted by Gasteiger charge is -2.32. The number of carbonyl (C=O) groups is 2. The molecule has 0 aliphatic carbocycles. The molecule has 1 aliphatic rings. The second-order valence-corrected chi connectivity index (χ2v) is 4.92. The lowest BCUT2D eigenvalue weighted by atomic mass is 10.1. The third-order valence-corrected chi connectivity index (χ3v) is 3.66. The first-order valence-corrected chi connectivity index (χ1v) is 6.97. The van der Waals surface area contributed by atoms with Crippen LogP contribution < -0.4 is 10.2 Å². The number of amides is 2. The highest BCUT2D eigenvalue weighted by Crippen LogP contribution is 2.14. The molecule has 1 aromatic rings. The van der Waals surface area contributed by atoms with Gasteiger partial charge in [0.05, 0.1) is 12.5 Å². The average Bonchev–Trinajstić information content (AvgIpc) is 2.49. The fourth-order valence-electron chi connectivity index (χ4n) is 2.37. The molecule has 0 saturated carbocycles. The molecule has 1 saturated heterocycles. The van der Waals surface area contributed by atoms with Gasteiger partial charge in [-0.05, 0) is 19.1 Å². The summed E-state index contributed by atoms with van der Waals surface area (Å²) in [5.41, 5.74) is 0.841. The molecule has 1 fully saturated rings. The smallest absolute Gasteiger partial charge is 0.240 e. The number of benzene rings is 1. The van der Waals surface area contributed by atoms with E-state index in [0.29, 0.717) is 13.1 Å². The zero-order valence-corrected chi connectivity index (χ0v) is 12.0. The molecule has 1 atom stereocenters. The Hall–Kier alpha value is -1.88. The number of para-hydroxylation sites is 1. The molecule has 2 rings (SSSR count). The van der Waals surface area contributed by atoms with E-state index in [4.69, 9.17) is 0 Å². The van der Waals surface area contributed by atoms with Gasteiger partial charge in [-0.2, -0.15) is 0 Å². The Kier molecular flexibility index (Phi) is 4.74. The van der Waals surface area contributed by atoms with Gasteiger partial charge in [-0.15, -0.1) is 0 Å². The Labute approximate surface area is 119 Å². The summed E-state index contributed by atoms with van der Waals surface area (Å²) in [5, 5.41) is 3.13. The summed E-state index contributed by atoms with van der Waals surface area (Å²) in [5.74, 6) is -0.0337. The monoisotopic (exact) mass is 275 g/mol. The molecule has 1 aromatic carbocycles. The second-order valence-electron chi connectivity index (χ2n) is 4.92. The average molecular weight is 275 g/mol. The van der Waals surface area contributed by atoms with Crippen LogP contribution in [0.4, 0.5) is 5.69 Å². The van der Waals surface area contributed by atoms with Gasteiger partial charge in [0, 0.05) is 32.4 Å². The third-order valence-electron chi connectivity index (χ3n) is 3.66. The zero-order chi connectivity index (χ0) is 14.5. The van der Waals surface area contributed by atoms with Crippen LogP contribution in [0.15, 0.2) is 30.3 Å². The minimum atomic E-state index is -0.401. The molecule has 5 nitrogen and oxygen atoms in total. The number of carbonyl (C=O) groups excluding carboxylic acids is 2. The Bertz CT molecular complexity index is 475. The van der Waals surface area contributed by atoms with Crippen molar-refractivity contribution in [3.8, 4) is 0 Å². The number of nitrogens with one attached hydrogen (secondary N) is 1. The molecule has 1 N–H and O–H groups in total. The minimum absolute atomic E-state index is 0.0218. The SMILES string of the molecule is CCN1CCNC(CC(=O)N(C)c2ccccc2)C1=O. The van der Waals surface area contributed by atoms with Crippen LogP contribution in [0.1, 0.15) is 13.3 Å². The van der Waals surface area contributed by atoms with E-state index in [9.17, 15) is 9.59 Å². The van der Waals surface area contributed by atoms with Gasteiger partial charge < -0.3 is 15.1 Å². The van der Waals surface area contributed by atoms with Gasteiger partial charge in [0.1, 0.15) is 0 Å². The van der Waals surface area contributed by atoms with Gasteiger partial charge in [0.15, 0.2) is 0 Å². The van der Waals surface area contributed by atoms with Gasteiger partial charge in [0.2, 0.25) is 11.8 Å². The van der Waals surface area contributed by atoms with E-state index in [-0.39, 0.29) is 18.2 Å². The Balaban J connectivity index is 1.99. The molecule has 1 heterocycles. The van der Waals surface area contributed by atoms with Gasteiger partial charge in [-0.3, -0.25) is 9.59 Å². The second kappa shape index (κ2) is 6.52. The molecule has 0 aromatic heterocycles. The first-order chi connectivity index (χ1) is 9.63. The van der Waals surface area contributed by atoms with Crippen LogP contribution in [0.5, 0.6) is 0 Å². The van der Waals surface area contributed by atoms with E-state index in [2.05, 4.69) is 5.32 Å². The largest absolute Gasteiger partial charge is 0.340 e. The van der Waals surface area contributed by atoms with Crippen molar-refractivity contribution in [2.24, 2.45) is 0 Å². The summed E-state index contributed by atoms with van der Waals surface area (Å²) in [6.07, 6.45) is 0.195. The molecule has 5 heteroatoms. The van der Waals surface area contributed by atoms with Crippen molar-refractivity contribution >= 4 is 17.5 Å². The van der Waals surface area contributed by atoms with E-state index >= 15 is 0 Å². The maximum absolute atomic E-state index is 12.3. The van der Waals surface area contributed by atoms with Crippen molar-refractivity contribution < 1.29 is 9.59 Å². The minimum Gasteiger partial charge on any atom is -0.340 e. The van der Waals surface area contributed by atoms with Crippen LogP contribution >= 0.6 is 0 Å². The summed E-state index contributed by atoms with van der Waals surface area (Å²) < 4.78 is 0. The highest BCUT2D eigenvalue weighted by Gasteiger charge is 2.30. The van der Waals surface area contributed by atoms with Crippen molar-refractivity contribution in [3.63, 3.8) is 0 Å². The third kappa shape index (κ3) is 3.17. The number of hydrogen-bond donors (Lipinski definition) is 1. The molecule has 20 heavy (non-hydrogen) atoms. The number of nitrogens with zero attached hydrogens (tertiary/aromatic N) is 2. The van der Waals surface area contributed by atoms with E-state index in [1.807, 2.05) is 37.3 Å². The van der Waals surface area contributed by atoms with E-state index in [1.54, 1.807) is 16.8 Å². The molecule has 1 aliphatic heterocycles. The molecule has 1 unspecified atom stereocenters. The number of hydrogen-bond acceptors (Lipinski definition) is 3. The van der Waals surface area contributed by atoms with Crippen molar-refractivity contribution in [1.29, 1.82) is 0 Å². The molecule has 0 spiro atoms. The zero-order valence-electron chi connectivity index (χ0n) is 12.0. The van der Waals surface area contributed by atoms with E-state index < -0.39 is 6.04 Å². The first kappa shape index (κ1) is 14.5. The maximum Gasteiger partial charge on any atom is 0.240 e. The molecular formula is C15H21N3O2. The van der Waals surface area contributed by atoms with Gasteiger partial charge in [0.25, 0.3) is 0 Å². The van der Waals surface area contributed by atoms with Gasteiger partial charge >= 0.3 is 0 Å². The lowest BCUT2D eigenvalue weighted by Crippen LogP contribution is -2.56. The topological polar surface area (TPSA) is 52.7 Å². The van der Waals surface area contributed by atoms with Crippen molar-refractivity contribution in [2.75, 3.05) is 31.6 Å². The first-order valence-electron chi connectivity index (χ1n) is 6.97. The van der Waals surface area contributed by atoms with Crippen LogP contribution in [-0.2, 0) is 9.59 Å². The molecule has 0 bridgehead atoms. The fourth-order valence-corrected chi connectivity index (χ4v) is 2.37. The maximum atomic E-state index is 12.3. The summed E-state index contributed by atoms with van der Waals surface area (Å²) >= 11 is 0. The summed E-state index contributed by atoms with van der Waals surface area (Å²) in [6.45, 7) is 4.11. The Morgan fingerprint density at radius 1 is 1.40 bits per heavy atom. The van der Waals surface area contributed by atoms with Crippen LogP contribution in [0.2, 0.25) is 0 Å². The highest BCUT2D eigenvalue weighted by molar-refractivity contribution is 5.97. The molecule has 108 valence electrons. The number of likely N-dealkylation sites (N-methyl/N-ethyl adjacent to an activating group) is 1. The predicted molar refractivity (Wildman–Crippen MR) is 78.5 cm³/mol. The Morgan fingerprint density at radius 3 is 2.75 bits per heavy atom. The predicted octanol–water partition coefficient (Wildman–Crippen LogP) is 0.860. The fraction of sp³-hybridized carbons (Fsp3) is 0.467. The summed E-state index contributed by atoms with van der Waals surface area (Å²) in [4.78, 5) is 27.8. The van der Waals surface area contributed by atoms with E-state index in [0.717, 1.165) is 12.2 Å². The van der Waals surface area contributed by atoms with Crippen molar-refractivity contribution in [3.05, 3.63) is 30.3 Å². The Morgan fingerprint density at radius 2 is 2.10 bits per heavy atom. The molecular weight excluding hydrogens is 254 g/mol. The van der Waals surface area contributed by atoms with Crippen LogP contribution in [0.3, 0.4) is 0 Å². The number of anilines is 1. The highest BCUT2D eigenvalue weighted by atomic mass is 16.2. The number of rotatable bonds is 4. The van der Waals surface area contributed by atoms with Gasteiger partial charge in [-0.1, -0.05) is 18.2 Å². The van der Waals surface area contributed by atoms with Gasteiger partial charge in [-0.25, -0.2) is 0 Å². The van der Waals surface area contributed by atoms with Crippen LogP contribution in [-0.4, -0.2) is 49.4 Å². The van der Waals surface area contributed by atoms with Crippen LogP contribution in [0, 0.1) is 0 Å². The summed E-state index contributed by atoms with van der Waals surface area (Å²) in [7, 11) is 1.74. The lowest BCUT2D eigenvalue weighted by molar-refractivity contribution is -0.137. The molecule has 2 amide bonds. The molecule has 0 radical (unpaired) electrons.